The van der Waals surface area contributed by atoms with Crippen LogP contribution in [0.3, 0.4) is 0 Å². The lowest BCUT2D eigenvalue weighted by Gasteiger charge is -2.03. The zero-order chi connectivity index (χ0) is 10.6. The fourth-order valence-corrected chi connectivity index (χ4v) is 1.31. The van der Waals surface area contributed by atoms with Crippen molar-refractivity contribution in [2.75, 3.05) is 5.32 Å². The molecule has 0 atom stereocenters. The van der Waals surface area contributed by atoms with Crippen molar-refractivity contribution in [1.29, 1.82) is 0 Å². The predicted molar refractivity (Wildman–Crippen MR) is 70.5 cm³/mol. The molecule has 1 aromatic rings. The van der Waals surface area contributed by atoms with E-state index >= 15 is 0 Å². The van der Waals surface area contributed by atoms with Crippen molar-refractivity contribution in [3.05, 3.63) is 38.4 Å². The van der Waals surface area contributed by atoms with E-state index in [-0.39, 0.29) is 5.91 Å². The lowest BCUT2D eigenvalue weighted by Crippen LogP contribution is -2.10. The Labute approximate surface area is 105 Å². The number of hydrogen-bond acceptors (Lipinski definition) is 1. The highest BCUT2D eigenvalue weighted by atomic mass is 127. The minimum atomic E-state index is -0.131. The third-order valence-electron chi connectivity index (χ3n) is 1.57. The fraction of sp³-hybridized carbons (Fsp3) is 0.100. The number of benzene rings is 1. The number of allylic oxidation sites excluding steroid dienone is 1. The lowest BCUT2D eigenvalue weighted by atomic mass is 10.3. The molecule has 0 bridgehead atoms. The summed E-state index contributed by atoms with van der Waals surface area (Å²) in [6.45, 7) is 1.80. The summed E-state index contributed by atoms with van der Waals surface area (Å²) >= 11 is 5.38. The lowest BCUT2D eigenvalue weighted by molar-refractivity contribution is -0.112. The number of rotatable bonds is 2. The average Bonchev–Trinajstić information content (AvgIpc) is 2.20. The number of halogens is 2. The zero-order valence-electron chi connectivity index (χ0n) is 7.55. The van der Waals surface area contributed by atoms with Crippen LogP contribution in [0, 0.1) is 3.57 Å². The Morgan fingerprint density at radius 1 is 1.43 bits per heavy atom. The van der Waals surface area contributed by atoms with Gasteiger partial charge in [0.05, 0.1) is 4.48 Å². The molecule has 0 saturated carbocycles. The Hall–Kier alpha value is -0.360. The van der Waals surface area contributed by atoms with Gasteiger partial charge in [-0.05, 0) is 69.7 Å². The molecule has 0 aliphatic heterocycles. The molecular weight excluding hydrogens is 357 g/mol. The molecule has 0 unspecified atom stereocenters. The smallest absolute Gasteiger partial charge is 0.262 e. The van der Waals surface area contributed by atoms with Gasteiger partial charge in [-0.3, -0.25) is 4.79 Å². The van der Waals surface area contributed by atoms with Gasteiger partial charge in [-0.1, -0.05) is 6.08 Å². The highest BCUT2D eigenvalue weighted by molar-refractivity contribution is 14.1. The van der Waals surface area contributed by atoms with E-state index in [1.807, 2.05) is 24.3 Å². The molecule has 2 nitrogen and oxygen atoms in total. The molecule has 0 radical (unpaired) electrons. The van der Waals surface area contributed by atoms with Crippen molar-refractivity contribution in [2.45, 2.75) is 6.92 Å². The molecule has 0 heterocycles. The first-order valence-electron chi connectivity index (χ1n) is 4.02. The van der Waals surface area contributed by atoms with Crippen LogP contribution in [0.4, 0.5) is 5.69 Å². The van der Waals surface area contributed by atoms with Gasteiger partial charge in [0.2, 0.25) is 0 Å². The van der Waals surface area contributed by atoms with E-state index < -0.39 is 0 Å². The number of carbonyl (C=O) groups is 1. The molecule has 14 heavy (non-hydrogen) atoms. The Balaban J connectivity index is 2.70. The SMILES string of the molecule is C/C=C(\Br)C(=O)Nc1ccc(I)cc1. The van der Waals surface area contributed by atoms with Crippen LogP contribution >= 0.6 is 38.5 Å². The summed E-state index contributed by atoms with van der Waals surface area (Å²) < 4.78 is 1.68. The van der Waals surface area contributed by atoms with E-state index in [1.54, 1.807) is 13.0 Å². The number of carbonyl (C=O) groups excluding carboxylic acids is 1. The molecule has 0 spiro atoms. The quantitative estimate of drug-likeness (QED) is 0.630. The summed E-state index contributed by atoms with van der Waals surface area (Å²) in [4.78, 5) is 11.4. The van der Waals surface area contributed by atoms with Gasteiger partial charge in [0.1, 0.15) is 0 Å². The summed E-state index contributed by atoms with van der Waals surface area (Å²) in [7, 11) is 0. The molecule has 0 fully saturated rings. The van der Waals surface area contributed by atoms with Gasteiger partial charge in [-0.15, -0.1) is 0 Å². The second-order valence-electron chi connectivity index (χ2n) is 2.60. The van der Waals surface area contributed by atoms with Gasteiger partial charge in [0.25, 0.3) is 5.91 Å². The Bertz CT molecular complexity index is 359. The van der Waals surface area contributed by atoms with Crippen molar-refractivity contribution in [2.24, 2.45) is 0 Å². The summed E-state index contributed by atoms with van der Waals surface area (Å²) in [6.07, 6.45) is 1.71. The van der Waals surface area contributed by atoms with Crippen molar-refractivity contribution < 1.29 is 4.79 Å². The summed E-state index contributed by atoms with van der Waals surface area (Å²) in [6, 6.07) is 7.63. The largest absolute Gasteiger partial charge is 0.322 e. The molecule has 0 saturated heterocycles. The second-order valence-corrected chi connectivity index (χ2v) is 4.70. The number of hydrogen-bond donors (Lipinski definition) is 1. The first-order valence-corrected chi connectivity index (χ1v) is 5.89. The van der Waals surface area contributed by atoms with Crippen LogP contribution in [0.15, 0.2) is 34.8 Å². The highest BCUT2D eigenvalue weighted by Crippen LogP contribution is 2.13. The zero-order valence-corrected chi connectivity index (χ0v) is 11.3. The third kappa shape index (κ3) is 3.42. The van der Waals surface area contributed by atoms with Crippen LogP contribution in [-0.2, 0) is 4.79 Å². The van der Waals surface area contributed by atoms with Crippen LogP contribution in [0.25, 0.3) is 0 Å². The molecule has 1 rings (SSSR count). The predicted octanol–water partition coefficient (Wildman–Crippen LogP) is 3.53. The van der Waals surface area contributed by atoms with Crippen LogP contribution < -0.4 is 5.32 Å². The molecule has 1 N–H and O–H groups in total. The van der Waals surface area contributed by atoms with Gasteiger partial charge < -0.3 is 5.32 Å². The standard InChI is InChI=1S/C10H9BrINO/c1-2-9(11)10(14)13-8-5-3-7(12)4-6-8/h2-6H,1H3,(H,13,14)/b9-2-. The first-order chi connectivity index (χ1) is 6.63. The van der Waals surface area contributed by atoms with E-state index in [4.69, 9.17) is 0 Å². The molecule has 0 aliphatic rings. The maximum Gasteiger partial charge on any atom is 0.262 e. The summed E-state index contributed by atoms with van der Waals surface area (Å²) in [5.41, 5.74) is 0.800. The molecule has 1 aromatic carbocycles. The summed E-state index contributed by atoms with van der Waals surface area (Å²) in [5.74, 6) is -0.131. The molecule has 0 aliphatic carbocycles. The number of anilines is 1. The van der Waals surface area contributed by atoms with Crippen LogP contribution in [0.5, 0.6) is 0 Å². The number of amides is 1. The van der Waals surface area contributed by atoms with E-state index in [0.29, 0.717) is 4.48 Å². The van der Waals surface area contributed by atoms with E-state index in [2.05, 4.69) is 43.8 Å². The summed E-state index contributed by atoms with van der Waals surface area (Å²) in [5, 5.41) is 2.76. The van der Waals surface area contributed by atoms with Crippen molar-refractivity contribution in [1.82, 2.24) is 0 Å². The minimum Gasteiger partial charge on any atom is -0.322 e. The molecular formula is C10H9BrINO. The van der Waals surface area contributed by atoms with Crippen molar-refractivity contribution in [3.8, 4) is 0 Å². The van der Waals surface area contributed by atoms with E-state index in [9.17, 15) is 4.79 Å². The fourth-order valence-electron chi connectivity index (χ4n) is 0.855. The molecule has 74 valence electrons. The van der Waals surface area contributed by atoms with Crippen molar-refractivity contribution >= 4 is 50.1 Å². The third-order valence-corrected chi connectivity index (χ3v) is 3.11. The van der Waals surface area contributed by atoms with Crippen molar-refractivity contribution in [3.63, 3.8) is 0 Å². The normalized spacial score (nSPS) is 11.2. The second kappa shape index (κ2) is 5.50. The van der Waals surface area contributed by atoms with Crippen LogP contribution in [0.2, 0.25) is 0 Å². The van der Waals surface area contributed by atoms with Gasteiger partial charge in [0.15, 0.2) is 0 Å². The van der Waals surface area contributed by atoms with E-state index in [1.165, 1.54) is 0 Å². The molecule has 1 amide bonds. The average molecular weight is 366 g/mol. The monoisotopic (exact) mass is 365 g/mol. The molecule has 4 heteroatoms. The topological polar surface area (TPSA) is 29.1 Å². The van der Waals surface area contributed by atoms with Gasteiger partial charge in [-0.2, -0.15) is 0 Å². The van der Waals surface area contributed by atoms with Gasteiger partial charge >= 0.3 is 0 Å². The van der Waals surface area contributed by atoms with E-state index in [0.717, 1.165) is 9.26 Å². The Morgan fingerprint density at radius 2 is 2.00 bits per heavy atom. The first kappa shape index (κ1) is 11.7. The maximum atomic E-state index is 11.4. The highest BCUT2D eigenvalue weighted by Gasteiger charge is 2.04. The Morgan fingerprint density at radius 3 is 2.50 bits per heavy atom. The van der Waals surface area contributed by atoms with Gasteiger partial charge in [-0.25, -0.2) is 0 Å². The minimum absolute atomic E-state index is 0.131. The van der Waals surface area contributed by atoms with Crippen LogP contribution in [0.1, 0.15) is 6.92 Å². The Kier molecular flexibility index (Phi) is 4.60. The van der Waals surface area contributed by atoms with Gasteiger partial charge in [0, 0.05) is 9.26 Å². The van der Waals surface area contributed by atoms with Crippen LogP contribution in [-0.4, -0.2) is 5.91 Å². The number of nitrogens with one attached hydrogen (secondary N) is 1. The maximum absolute atomic E-state index is 11.4. The molecule has 0 aromatic heterocycles.